The van der Waals surface area contributed by atoms with Crippen molar-refractivity contribution < 1.29 is 9.59 Å². The Morgan fingerprint density at radius 2 is 1.85 bits per heavy atom. The molecule has 0 aromatic heterocycles. The number of rotatable bonds is 4. The minimum absolute atomic E-state index is 0.0230. The molecule has 4 heteroatoms. The fourth-order valence-corrected chi connectivity index (χ4v) is 3.74. The Morgan fingerprint density at radius 3 is 2.56 bits per heavy atom. The van der Waals surface area contributed by atoms with Crippen LogP contribution in [0, 0.1) is 12.8 Å². The monoisotopic (exact) mass is 364 g/mol. The molecule has 1 unspecified atom stereocenters. The fraction of sp³-hybridized carbons (Fsp3) is 0.391. The number of benzene rings is 2. The second kappa shape index (κ2) is 8.38. The summed E-state index contributed by atoms with van der Waals surface area (Å²) in [5.41, 5.74) is 3.13. The SMILES string of the molecule is CCN(C(=O)c1cccc(C(=O)N2CCCC(C)C2)c1)c1cccc(C)c1. The van der Waals surface area contributed by atoms with E-state index in [1.165, 1.54) is 6.42 Å². The normalized spacial score (nSPS) is 16.9. The second-order valence-electron chi connectivity index (χ2n) is 7.47. The smallest absolute Gasteiger partial charge is 0.258 e. The third kappa shape index (κ3) is 4.38. The van der Waals surface area contributed by atoms with Crippen molar-refractivity contribution in [1.82, 2.24) is 4.90 Å². The minimum Gasteiger partial charge on any atom is -0.338 e. The molecule has 3 rings (SSSR count). The van der Waals surface area contributed by atoms with Crippen molar-refractivity contribution >= 4 is 17.5 Å². The van der Waals surface area contributed by atoms with Gasteiger partial charge in [0.25, 0.3) is 11.8 Å². The first-order valence-corrected chi connectivity index (χ1v) is 9.77. The van der Waals surface area contributed by atoms with E-state index in [0.717, 1.165) is 30.8 Å². The van der Waals surface area contributed by atoms with Crippen LogP contribution in [0.4, 0.5) is 5.69 Å². The second-order valence-corrected chi connectivity index (χ2v) is 7.47. The summed E-state index contributed by atoms with van der Waals surface area (Å²) < 4.78 is 0. The van der Waals surface area contributed by atoms with Crippen LogP contribution >= 0.6 is 0 Å². The van der Waals surface area contributed by atoms with Crippen LogP contribution < -0.4 is 4.90 Å². The van der Waals surface area contributed by atoms with E-state index in [4.69, 9.17) is 0 Å². The molecule has 2 aromatic carbocycles. The molecule has 2 aromatic rings. The molecule has 1 saturated heterocycles. The first kappa shape index (κ1) is 19.2. The molecule has 1 heterocycles. The summed E-state index contributed by atoms with van der Waals surface area (Å²) >= 11 is 0. The zero-order valence-electron chi connectivity index (χ0n) is 16.4. The number of amides is 2. The lowest BCUT2D eigenvalue weighted by Gasteiger charge is -2.31. The number of carbonyl (C=O) groups is 2. The molecule has 142 valence electrons. The summed E-state index contributed by atoms with van der Waals surface area (Å²) in [6.07, 6.45) is 2.22. The van der Waals surface area contributed by atoms with Crippen molar-refractivity contribution in [3.63, 3.8) is 0 Å². The van der Waals surface area contributed by atoms with Gasteiger partial charge >= 0.3 is 0 Å². The Labute approximate surface area is 161 Å². The summed E-state index contributed by atoms with van der Waals surface area (Å²) in [7, 11) is 0. The van der Waals surface area contributed by atoms with Crippen LogP contribution in [0.2, 0.25) is 0 Å². The van der Waals surface area contributed by atoms with Gasteiger partial charge in [0.1, 0.15) is 0 Å². The first-order valence-electron chi connectivity index (χ1n) is 9.77. The average Bonchev–Trinajstić information content (AvgIpc) is 2.68. The van der Waals surface area contributed by atoms with Gasteiger partial charge in [-0.15, -0.1) is 0 Å². The summed E-state index contributed by atoms with van der Waals surface area (Å²) in [4.78, 5) is 29.6. The molecule has 4 nitrogen and oxygen atoms in total. The number of hydrogen-bond donors (Lipinski definition) is 0. The van der Waals surface area contributed by atoms with E-state index in [9.17, 15) is 9.59 Å². The Balaban J connectivity index is 1.83. The van der Waals surface area contributed by atoms with E-state index in [2.05, 4.69) is 6.92 Å². The van der Waals surface area contributed by atoms with Crippen LogP contribution in [-0.4, -0.2) is 36.3 Å². The predicted octanol–water partition coefficient (Wildman–Crippen LogP) is 4.53. The van der Waals surface area contributed by atoms with Gasteiger partial charge in [-0.3, -0.25) is 9.59 Å². The van der Waals surface area contributed by atoms with E-state index in [1.807, 2.05) is 43.0 Å². The van der Waals surface area contributed by atoms with Crippen LogP contribution in [0.25, 0.3) is 0 Å². The maximum Gasteiger partial charge on any atom is 0.258 e. The number of likely N-dealkylation sites (tertiary alicyclic amines) is 1. The van der Waals surface area contributed by atoms with E-state index >= 15 is 0 Å². The lowest BCUT2D eigenvalue weighted by molar-refractivity contribution is 0.0683. The Bertz CT molecular complexity index is 831. The molecule has 0 saturated carbocycles. The predicted molar refractivity (Wildman–Crippen MR) is 109 cm³/mol. The molecule has 1 atom stereocenters. The highest BCUT2D eigenvalue weighted by Gasteiger charge is 2.23. The summed E-state index contributed by atoms with van der Waals surface area (Å²) in [6.45, 7) is 8.32. The first-order chi connectivity index (χ1) is 13.0. The van der Waals surface area contributed by atoms with Crippen LogP contribution in [-0.2, 0) is 0 Å². The molecule has 1 aliphatic rings. The lowest BCUT2D eigenvalue weighted by Crippen LogP contribution is -2.39. The number of aryl methyl sites for hydroxylation is 1. The van der Waals surface area contributed by atoms with Gasteiger partial charge < -0.3 is 9.80 Å². The van der Waals surface area contributed by atoms with Crippen molar-refractivity contribution in [3.8, 4) is 0 Å². The average molecular weight is 364 g/mol. The molecule has 0 spiro atoms. The number of nitrogens with zero attached hydrogens (tertiary/aromatic N) is 2. The maximum atomic E-state index is 13.1. The molecule has 0 aliphatic carbocycles. The zero-order chi connectivity index (χ0) is 19.4. The minimum atomic E-state index is -0.0789. The van der Waals surface area contributed by atoms with E-state index < -0.39 is 0 Å². The topological polar surface area (TPSA) is 40.6 Å². The van der Waals surface area contributed by atoms with Gasteiger partial charge in [-0.25, -0.2) is 0 Å². The quantitative estimate of drug-likeness (QED) is 0.799. The lowest BCUT2D eigenvalue weighted by atomic mass is 9.99. The van der Waals surface area contributed by atoms with Gasteiger partial charge in [0.05, 0.1) is 0 Å². The standard InChI is InChI=1S/C23H28N2O2/c1-4-25(21-12-5-8-17(2)14-21)23(27)20-11-6-10-19(15-20)22(26)24-13-7-9-18(3)16-24/h5-6,8,10-12,14-15,18H,4,7,9,13,16H2,1-3H3. The van der Waals surface area contributed by atoms with Gasteiger partial charge in [0.2, 0.25) is 0 Å². The van der Waals surface area contributed by atoms with Crippen LogP contribution in [0.3, 0.4) is 0 Å². The summed E-state index contributed by atoms with van der Waals surface area (Å²) in [5.74, 6) is 0.476. The molecule has 27 heavy (non-hydrogen) atoms. The molecular formula is C23H28N2O2. The molecule has 0 radical (unpaired) electrons. The largest absolute Gasteiger partial charge is 0.338 e. The van der Waals surface area contributed by atoms with Crippen molar-refractivity contribution in [2.45, 2.75) is 33.6 Å². The van der Waals surface area contributed by atoms with E-state index in [-0.39, 0.29) is 11.8 Å². The van der Waals surface area contributed by atoms with E-state index in [0.29, 0.717) is 23.6 Å². The van der Waals surface area contributed by atoms with Crippen molar-refractivity contribution in [3.05, 3.63) is 65.2 Å². The number of piperidine rings is 1. The van der Waals surface area contributed by atoms with Crippen molar-refractivity contribution in [1.29, 1.82) is 0 Å². The third-order valence-corrected chi connectivity index (χ3v) is 5.18. The van der Waals surface area contributed by atoms with Gasteiger partial charge in [0, 0.05) is 36.4 Å². The molecule has 2 amide bonds. The van der Waals surface area contributed by atoms with E-state index in [1.54, 1.807) is 29.2 Å². The van der Waals surface area contributed by atoms with Crippen LogP contribution in [0.5, 0.6) is 0 Å². The molecular weight excluding hydrogens is 336 g/mol. The van der Waals surface area contributed by atoms with Gasteiger partial charge in [-0.05, 0) is 68.5 Å². The third-order valence-electron chi connectivity index (χ3n) is 5.18. The fourth-order valence-electron chi connectivity index (χ4n) is 3.74. The molecule has 0 bridgehead atoms. The molecule has 1 fully saturated rings. The van der Waals surface area contributed by atoms with Crippen molar-refractivity contribution in [2.24, 2.45) is 5.92 Å². The highest BCUT2D eigenvalue weighted by molar-refractivity contribution is 6.07. The highest BCUT2D eigenvalue weighted by Crippen LogP contribution is 2.21. The molecule has 0 N–H and O–H groups in total. The molecule has 1 aliphatic heterocycles. The Hall–Kier alpha value is -2.62. The Kier molecular flexibility index (Phi) is 5.94. The number of hydrogen-bond acceptors (Lipinski definition) is 2. The van der Waals surface area contributed by atoms with Gasteiger partial charge in [-0.2, -0.15) is 0 Å². The van der Waals surface area contributed by atoms with Crippen molar-refractivity contribution in [2.75, 3.05) is 24.5 Å². The highest BCUT2D eigenvalue weighted by atomic mass is 16.2. The number of carbonyl (C=O) groups excluding carboxylic acids is 2. The van der Waals surface area contributed by atoms with Crippen LogP contribution in [0.15, 0.2) is 48.5 Å². The summed E-state index contributed by atoms with van der Waals surface area (Å²) in [5, 5.41) is 0. The number of anilines is 1. The van der Waals surface area contributed by atoms with Gasteiger partial charge in [0.15, 0.2) is 0 Å². The van der Waals surface area contributed by atoms with Gasteiger partial charge in [-0.1, -0.05) is 25.1 Å². The maximum absolute atomic E-state index is 13.1. The zero-order valence-corrected chi connectivity index (χ0v) is 16.4. The Morgan fingerprint density at radius 1 is 1.11 bits per heavy atom. The van der Waals surface area contributed by atoms with Crippen LogP contribution in [0.1, 0.15) is 53.0 Å². The summed E-state index contributed by atoms with van der Waals surface area (Å²) in [6, 6.07) is 15.1.